The maximum absolute atomic E-state index is 10.4. The van der Waals surface area contributed by atoms with Crippen LogP contribution in [0.3, 0.4) is 0 Å². The first-order valence-electron chi connectivity index (χ1n) is 9.56. The van der Waals surface area contributed by atoms with Gasteiger partial charge in [-0.05, 0) is 59.3 Å². The predicted molar refractivity (Wildman–Crippen MR) is 122 cm³/mol. The zero-order chi connectivity index (χ0) is 21.4. The van der Waals surface area contributed by atoms with Crippen molar-refractivity contribution in [3.8, 4) is 11.6 Å². The van der Waals surface area contributed by atoms with Gasteiger partial charge in [0.1, 0.15) is 5.75 Å². The number of aromatic amines is 1. The molecule has 0 bridgehead atoms. The number of H-pyrrole nitrogens is 1. The number of nitrogens with zero attached hydrogens (tertiary/aromatic N) is 3. The van der Waals surface area contributed by atoms with Crippen molar-refractivity contribution in [1.82, 2.24) is 9.97 Å². The van der Waals surface area contributed by atoms with Crippen LogP contribution in [0.1, 0.15) is 11.1 Å². The maximum atomic E-state index is 10.4. The van der Waals surface area contributed by atoms with Crippen LogP contribution in [0.25, 0.3) is 28.8 Å². The molecule has 5 rings (SSSR count). The number of halogens is 1. The molecule has 0 atom stereocenters. The number of hydrogen-bond donors (Lipinski definition) is 2. The topological polar surface area (TPSA) is 82.9 Å². The Balaban J connectivity index is 1.56. The third-order valence-electron chi connectivity index (χ3n) is 5.12. The summed E-state index contributed by atoms with van der Waals surface area (Å²) in [6.45, 7) is 0. The molecule has 0 unspecified atom stereocenters. The highest BCUT2D eigenvalue weighted by molar-refractivity contribution is 6.31. The minimum Gasteiger partial charge on any atom is -0.497 e. The number of benzene rings is 2. The largest absolute Gasteiger partial charge is 0.497 e. The first-order chi connectivity index (χ1) is 15.1. The van der Waals surface area contributed by atoms with E-state index in [2.05, 4.69) is 20.2 Å². The smallest absolute Gasteiger partial charge is 0.196 e. The average Bonchev–Trinajstić information content (AvgIpc) is 3.33. The molecule has 1 aliphatic heterocycles. The normalized spacial score (nSPS) is 13.5. The standard InChI is InChI=1S/C24H17ClN4O2/c1-31-16-4-7-21-18(12-16)19(24(30)27-21)10-14-2-5-17-22(28-29-23(17)11-14)6-3-15-8-9-26-13-20(15)25/h2-13,27,30H,1H3. The van der Waals surface area contributed by atoms with Gasteiger partial charge in [0.15, 0.2) is 5.88 Å². The van der Waals surface area contributed by atoms with E-state index in [0.29, 0.717) is 10.6 Å². The molecule has 3 heterocycles. The fourth-order valence-electron chi connectivity index (χ4n) is 3.53. The van der Waals surface area contributed by atoms with Crippen molar-refractivity contribution in [2.24, 2.45) is 10.2 Å². The van der Waals surface area contributed by atoms with Crippen molar-refractivity contribution in [3.05, 3.63) is 87.5 Å². The second-order valence-corrected chi connectivity index (χ2v) is 7.44. The molecule has 0 saturated carbocycles. The monoisotopic (exact) mass is 428 g/mol. The van der Waals surface area contributed by atoms with Gasteiger partial charge in [0.2, 0.25) is 0 Å². The molecule has 152 valence electrons. The van der Waals surface area contributed by atoms with Crippen LogP contribution in [0.4, 0.5) is 5.69 Å². The summed E-state index contributed by atoms with van der Waals surface area (Å²) in [6, 6.07) is 13.4. The Morgan fingerprint density at radius 3 is 2.81 bits per heavy atom. The van der Waals surface area contributed by atoms with Crippen LogP contribution in [0.5, 0.6) is 11.6 Å². The molecule has 0 fully saturated rings. The molecule has 0 amide bonds. The fraction of sp³-hybridized carbons (Fsp3) is 0.0417. The molecular formula is C24H17ClN4O2. The minimum atomic E-state index is 0.106. The number of aromatic nitrogens is 2. The first-order valence-corrected chi connectivity index (χ1v) is 9.94. The highest BCUT2D eigenvalue weighted by atomic mass is 35.5. The maximum Gasteiger partial charge on any atom is 0.196 e. The zero-order valence-corrected chi connectivity index (χ0v) is 17.3. The molecule has 7 heteroatoms. The molecule has 0 saturated heterocycles. The molecule has 2 aromatic carbocycles. The Morgan fingerprint density at radius 1 is 1.06 bits per heavy atom. The lowest BCUT2D eigenvalue weighted by atomic mass is 10.1. The number of methoxy groups -OCH3 is 1. The van der Waals surface area contributed by atoms with Gasteiger partial charge in [0, 0.05) is 34.1 Å². The number of hydrogen-bond acceptors (Lipinski definition) is 5. The van der Waals surface area contributed by atoms with Crippen molar-refractivity contribution in [2.45, 2.75) is 0 Å². The highest BCUT2D eigenvalue weighted by Crippen LogP contribution is 2.30. The number of pyridine rings is 1. The Morgan fingerprint density at radius 2 is 1.97 bits per heavy atom. The van der Waals surface area contributed by atoms with Crippen molar-refractivity contribution in [2.75, 3.05) is 7.11 Å². The molecule has 6 nitrogen and oxygen atoms in total. The van der Waals surface area contributed by atoms with Crippen molar-refractivity contribution in [1.29, 1.82) is 0 Å². The number of aromatic hydroxyl groups is 1. The van der Waals surface area contributed by atoms with Crippen molar-refractivity contribution in [3.63, 3.8) is 0 Å². The average molecular weight is 429 g/mol. The second kappa shape index (κ2) is 7.74. The molecule has 0 aliphatic carbocycles. The predicted octanol–water partition coefficient (Wildman–Crippen LogP) is 4.68. The fourth-order valence-corrected chi connectivity index (χ4v) is 3.71. The van der Waals surface area contributed by atoms with Gasteiger partial charge >= 0.3 is 0 Å². The third kappa shape index (κ3) is 3.58. The number of nitrogens with one attached hydrogen (secondary N) is 1. The van der Waals surface area contributed by atoms with Gasteiger partial charge in [0.05, 0.1) is 23.5 Å². The van der Waals surface area contributed by atoms with E-state index >= 15 is 0 Å². The lowest BCUT2D eigenvalue weighted by Gasteiger charge is -1.99. The molecule has 4 aromatic rings. The van der Waals surface area contributed by atoms with Crippen molar-refractivity contribution >= 4 is 46.0 Å². The van der Waals surface area contributed by atoms with Crippen LogP contribution < -0.4 is 15.2 Å². The number of azo groups is 1. The summed E-state index contributed by atoms with van der Waals surface area (Å²) in [7, 11) is 1.62. The van der Waals surface area contributed by atoms with Crippen molar-refractivity contribution < 1.29 is 9.84 Å². The van der Waals surface area contributed by atoms with Crippen LogP contribution >= 0.6 is 11.6 Å². The molecule has 0 radical (unpaired) electrons. The van der Waals surface area contributed by atoms with E-state index in [1.807, 2.05) is 60.7 Å². The Hall–Kier alpha value is -3.90. The van der Waals surface area contributed by atoms with E-state index in [-0.39, 0.29) is 5.88 Å². The molecule has 0 spiro atoms. The number of rotatable bonds is 4. The van der Waals surface area contributed by atoms with Gasteiger partial charge in [-0.3, -0.25) is 4.98 Å². The molecule has 2 N–H and O–H groups in total. The lowest BCUT2D eigenvalue weighted by molar-refractivity contribution is 0.415. The van der Waals surface area contributed by atoms with Gasteiger partial charge in [-0.15, -0.1) is 10.2 Å². The summed E-state index contributed by atoms with van der Waals surface area (Å²) in [6.07, 6.45) is 8.99. The summed E-state index contributed by atoms with van der Waals surface area (Å²) in [4.78, 5) is 6.98. The summed E-state index contributed by atoms with van der Waals surface area (Å²) in [5, 5.41) is 22.3. The quantitative estimate of drug-likeness (QED) is 0.495. The summed E-state index contributed by atoms with van der Waals surface area (Å²) >= 11 is 6.16. The lowest BCUT2D eigenvalue weighted by Crippen LogP contribution is -2.08. The van der Waals surface area contributed by atoms with Crippen LogP contribution in [-0.2, 0) is 0 Å². The minimum absolute atomic E-state index is 0.106. The van der Waals surface area contributed by atoms with Crippen LogP contribution in [0.15, 0.2) is 71.2 Å². The number of ether oxygens (including phenoxy) is 1. The third-order valence-corrected chi connectivity index (χ3v) is 5.44. The van der Waals surface area contributed by atoms with Gasteiger partial charge in [-0.1, -0.05) is 23.7 Å². The van der Waals surface area contributed by atoms with E-state index in [4.69, 9.17) is 16.3 Å². The Bertz CT molecular complexity index is 1500. The van der Waals surface area contributed by atoms with Crippen LogP contribution in [0.2, 0.25) is 5.02 Å². The van der Waals surface area contributed by atoms with Gasteiger partial charge < -0.3 is 14.8 Å². The van der Waals surface area contributed by atoms with Crippen LogP contribution in [-0.4, -0.2) is 22.2 Å². The molecule has 1 aliphatic rings. The van der Waals surface area contributed by atoms with Gasteiger partial charge in [-0.2, -0.15) is 0 Å². The van der Waals surface area contributed by atoms with E-state index in [1.54, 1.807) is 19.5 Å². The van der Waals surface area contributed by atoms with Gasteiger partial charge in [0.25, 0.3) is 0 Å². The molecule has 31 heavy (non-hydrogen) atoms. The van der Waals surface area contributed by atoms with E-state index in [1.165, 1.54) is 0 Å². The first kappa shape index (κ1) is 19.1. The van der Waals surface area contributed by atoms with Crippen LogP contribution in [0, 0.1) is 0 Å². The van der Waals surface area contributed by atoms with E-state index in [9.17, 15) is 5.11 Å². The zero-order valence-electron chi connectivity index (χ0n) is 16.5. The second-order valence-electron chi connectivity index (χ2n) is 7.04. The summed E-state index contributed by atoms with van der Waals surface area (Å²) < 4.78 is 5.31. The SMILES string of the molecule is COc1ccc2[nH]c(O)c(C=c3ccc4c(c3)N=NC=4C=Cc3ccncc3Cl)c2c1. The van der Waals surface area contributed by atoms with E-state index < -0.39 is 0 Å². The van der Waals surface area contributed by atoms with E-state index in [0.717, 1.165) is 44.0 Å². The highest BCUT2D eigenvalue weighted by Gasteiger charge is 2.11. The molecule has 2 aromatic heterocycles. The molecular weight excluding hydrogens is 412 g/mol. The Labute approximate surface area is 182 Å². The Kier molecular flexibility index (Phi) is 4.76. The summed E-state index contributed by atoms with van der Waals surface area (Å²) in [5.41, 5.74) is 3.92. The van der Waals surface area contributed by atoms with Gasteiger partial charge in [-0.25, -0.2) is 0 Å². The summed E-state index contributed by atoms with van der Waals surface area (Å²) in [5.74, 6) is 0.832. The number of fused-ring (bicyclic) bond motifs is 2.